The molecule has 0 aliphatic rings. The Morgan fingerprint density at radius 1 is 1.22 bits per heavy atom. The fourth-order valence-electron chi connectivity index (χ4n) is 2.47. The number of carbonyl (C=O) groups is 2. The van der Waals surface area contributed by atoms with E-state index < -0.39 is 5.97 Å². The number of hydrogen-bond donors (Lipinski definition) is 1. The van der Waals surface area contributed by atoms with Gasteiger partial charge in [-0.1, -0.05) is 30.0 Å². The van der Waals surface area contributed by atoms with Crippen LogP contribution in [0.15, 0.2) is 41.6 Å². The Hall–Kier alpha value is -2.65. The Morgan fingerprint density at radius 3 is 2.67 bits per heavy atom. The van der Waals surface area contributed by atoms with Crippen LogP contribution in [0.1, 0.15) is 21.1 Å². The number of thioether (sulfide) groups is 1. The molecule has 0 fully saturated rings. The van der Waals surface area contributed by atoms with Crippen LogP contribution in [0.5, 0.6) is 0 Å². The molecule has 0 aliphatic heterocycles. The SMILES string of the molecule is COC(=O)c1cc(C)sc1NC(=O)CSc1nnc(C)n1-c1ccccc1. The number of esters is 1. The quantitative estimate of drug-likeness (QED) is 0.502. The number of aromatic nitrogens is 3. The average molecular weight is 403 g/mol. The van der Waals surface area contributed by atoms with E-state index in [4.69, 9.17) is 4.74 Å². The maximum atomic E-state index is 12.4. The van der Waals surface area contributed by atoms with Crippen LogP contribution in [-0.2, 0) is 9.53 Å². The predicted octanol–water partition coefficient (Wildman–Crippen LogP) is 3.46. The fourth-order valence-corrected chi connectivity index (χ4v) is 4.19. The molecule has 0 radical (unpaired) electrons. The van der Waals surface area contributed by atoms with Gasteiger partial charge in [-0.2, -0.15) is 0 Å². The van der Waals surface area contributed by atoms with Crippen molar-refractivity contribution in [1.82, 2.24) is 14.8 Å². The highest BCUT2D eigenvalue weighted by Gasteiger charge is 2.18. The monoisotopic (exact) mass is 402 g/mol. The van der Waals surface area contributed by atoms with Crippen LogP contribution >= 0.6 is 23.1 Å². The van der Waals surface area contributed by atoms with Gasteiger partial charge in [-0.15, -0.1) is 21.5 Å². The Kier molecular flexibility index (Phi) is 5.92. The maximum absolute atomic E-state index is 12.4. The number of rotatable bonds is 6. The van der Waals surface area contributed by atoms with E-state index >= 15 is 0 Å². The van der Waals surface area contributed by atoms with E-state index in [2.05, 4.69) is 15.5 Å². The van der Waals surface area contributed by atoms with Gasteiger partial charge in [0.15, 0.2) is 5.16 Å². The van der Waals surface area contributed by atoms with E-state index in [1.54, 1.807) is 6.07 Å². The molecule has 140 valence electrons. The van der Waals surface area contributed by atoms with Crippen molar-refractivity contribution in [2.75, 3.05) is 18.2 Å². The Bertz CT molecular complexity index is 966. The average Bonchev–Trinajstić information content (AvgIpc) is 3.22. The second kappa shape index (κ2) is 8.36. The number of anilines is 1. The second-order valence-corrected chi connectivity index (χ2v) is 7.83. The van der Waals surface area contributed by atoms with E-state index in [9.17, 15) is 9.59 Å². The van der Waals surface area contributed by atoms with Crippen molar-refractivity contribution in [3.63, 3.8) is 0 Å². The molecule has 1 N–H and O–H groups in total. The zero-order valence-corrected chi connectivity index (χ0v) is 16.7. The summed E-state index contributed by atoms with van der Waals surface area (Å²) in [7, 11) is 1.32. The van der Waals surface area contributed by atoms with Gasteiger partial charge in [0.05, 0.1) is 18.4 Å². The molecule has 9 heteroatoms. The summed E-state index contributed by atoms with van der Waals surface area (Å²) >= 11 is 2.62. The third-order valence-electron chi connectivity index (χ3n) is 3.66. The van der Waals surface area contributed by atoms with E-state index in [1.165, 1.54) is 30.2 Å². The highest BCUT2D eigenvalue weighted by Crippen LogP contribution is 2.29. The van der Waals surface area contributed by atoms with Gasteiger partial charge in [0, 0.05) is 10.6 Å². The maximum Gasteiger partial charge on any atom is 0.340 e. The number of nitrogens with one attached hydrogen (secondary N) is 1. The van der Waals surface area contributed by atoms with Gasteiger partial charge in [-0.25, -0.2) is 4.79 Å². The zero-order chi connectivity index (χ0) is 19.4. The molecule has 27 heavy (non-hydrogen) atoms. The molecule has 1 amide bonds. The smallest absolute Gasteiger partial charge is 0.340 e. The zero-order valence-electron chi connectivity index (χ0n) is 15.1. The van der Waals surface area contributed by atoms with Crippen LogP contribution in [-0.4, -0.2) is 39.5 Å². The van der Waals surface area contributed by atoms with Crippen molar-refractivity contribution in [3.05, 3.63) is 52.7 Å². The first-order valence-corrected chi connectivity index (χ1v) is 9.88. The van der Waals surface area contributed by atoms with Crippen molar-refractivity contribution in [3.8, 4) is 5.69 Å². The van der Waals surface area contributed by atoms with Crippen molar-refractivity contribution in [1.29, 1.82) is 0 Å². The molecule has 0 unspecified atom stereocenters. The summed E-state index contributed by atoms with van der Waals surface area (Å²) < 4.78 is 6.65. The first-order valence-electron chi connectivity index (χ1n) is 8.08. The standard InChI is InChI=1S/C18H18N4O3S2/c1-11-9-14(17(24)25-3)16(27-11)19-15(23)10-26-18-21-20-12(2)22(18)13-7-5-4-6-8-13/h4-9H,10H2,1-3H3,(H,19,23). The molecule has 2 aromatic heterocycles. The Balaban J connectivity index is 1.70. The number of carbonyl (C=O) groups excluding carboxylic acids is 2. The summed E-state index contributed by atoms with van der Waals surface area (Å²) in [6.07, 6.45) is 0. The molecular weight excluding hydrogens is 384 g/mol. The number of para-hydroxylation sites is 1. The van der Waals surface area contributed by atoms with Gasteiger partial charge in [0.2, 0.25) is 5.91 Å². The van der Waals surface area contributed by atoms with E-state index in [0.717, 1.165) is 16.4 Å². The summed E-state index contributed by atoms with van der Waals surface area (Å²) in [4.78, 5) is 25.1. The third kappa shape index (κ3) is 4.37. The molecule has 2 heterocycles. The lowest BCUT2D eigenvalue weighted by atomic mass is 10.3. The van der Waals surface area contributed by atoms with Crippen molar-refractivity contribution in [2.24, 2.45) is 0 Å². The van der Waals surface area contributed by atoms with Crippen LogP contribution in [0.3, 0.4) is 0 Å². The van der Waals surface area contributed by atoms with Gasteiger partial charge < -0.3 is 10.1 Å². The van der Waals surface area contributed by atoms with Crippen LogP contribution in [0.2, 0.25) is 0 Å². The Morgan fingerprint density at radius 2 is 1.96 bits per heavy atom. The number of methoxy groups -OCH3 is 1. The molecule has 0 aliphatic carbocycles. The van der Waals surface area contributed by atoms with Gasteiger partial charge in [0.25, 0.3) is 0 Å². The number of benzene rings is 1. The van der Waals surface area contributed by atoms with E-state index in [0.29, 0.717) is 15.7 Å². The number of nitrogens with zero attached hydrogens (tertiary/aromatic N) is 3. The summed E-state index contributed by atoms with van der Waals surface area (Å²) in [5, 5.41) is 12.2. The molecule has 0 saturated heterocycles. The number of aryl methyl sites for hydroxylation is 2. The molecule has 7 nitrogen and oxygen atoms in total. The topological polar surface area (TPSA) is 86.1 Å². The highest BCUT2D eigenvalue weighted by molar-refractivity contribution is 7.99. The molecule has 0 atom stereocenters. The molecule has 0 spiro atoms. The number of thiophene rings is 1. The predicted molar refractivity (Wildman–Crippen MR) is 106 cm³/mol. The molecule has 1 aromatic carbocycles. The fraction of sp³-hybridized carbons (Fsp3) is 0.222. The van der Waals surface area contributed by atoms with Crippen LogP contribution < -0.4 is 5.32 Å². The van der Waals surface area contributed by atoms with Gasteiger partial charge in [-0.3, -0.25) is 9.36 Å². The molecule has 3 rings (SSSR count). The van der Waals surface area contributed by atoms with E-state index in [1.807, 2.05) is 48.7 Å². The third-order valence-corrected chi connectivity index (χ3v) is 5.55. The first kappa shape index (κ1) is 19.1. The lowest BCUT2D eigenvalue weighted by Gasteiger charge is -2.08. The second-order valence-electron chi connectivity index (χ2n) is 5.63. The van der Waals surface area contributed by atoms with E-state index in [-0.39, 0.29) is 11.7 Å². The minimum atomic E-state index is -0.471. The summed E-state index contributed by atoms with van der Waals surface area (Å²) in [5.74, 6) is 0.183. The first-order chi connectivity index (χ1) is 13.0. The van der Waals surface area contributed by atoms with Crippen LogP contribution in [0, 0.1) is 13.8 Å². The molecular formula is C18H18N4O3S2. The minimum Gasteiger partial charge on any atom is -0.465 e. The van der Waals surface area contributed by atoms with Gasteiger partial charge in [-0.05, 0) is 32.0 Å². The molecule has 0 saturated carbocycles. The minimum absolute atomic E-state index is 0.141. The number of ether oxygens (including phenoxy) is 1. The molecule has 0 bridgehead atoms. The summed E-state index contributed by atoms with van der Waals surface area (Å²) in [5.41, 5.74) is 1.30. The number of amides is 1. The van der Waals surface area contributed by atoms with Gasteiger partial charge in [0.1, 0.15) is 10.8 Å². The molecule has 3 aromatic rings. The van der Waals surface area contributed by atoms with Crippen LogP contribution in [0.25, 0.3) is 5.69 Å². The Labute approximate surface area is 164 Å². The summed E-state index contributed by atoms with van der Waals surface area (Å²) in [6.45, 7) is 3.73. The highest BCUT2D eigenvalue weighted by atomic mass is 32.2. The lowest BCUT2D eigenvalue weighted by molar-refractivity contribution is -0.113. The van der Waals surface area contributed by atoms with Crippen LogP contribution in [0.4, 0.5) is 5.00 Å². The largest absolute Gasteiger partial charge is 0.465 e. The van der Waals surface area contributed by atoms with Gasteiger partial charge >= 0.3 is 5.97 Å². The number of hydrogen-bond acceptors (Lipinski definition) is 7. The van der Waals surface area contributed by atoms with Crippen molar-refractivity contribution >= 4 is 40.0 Å². The van der Waals surface area contributed by atoms with Crippen molar-refractivity contribution < 1.29 is 14.3 Å². The summed E-state index contributed by atoms with van der Waals surface area (Å²) in [6, 6.07) is 11.4. The normalized spacial score (nSPS) is 10.6. The lowest BCUT2D eigenvalue weighted by Crippen LogP contribution is -2.16. The van der Waals surface area contributed by atoms with Crippen molar-refractivity contribution in [2.45, 2.75) is 19.0 Å².